The van der Waals surface area contributed by atoms with Gasteiger partial charge in [-0.2, -0.15) is 0 Å². The van der Waals surface area contributed by atoms with Gasteiger partial charge < -0.3 is 4.74 Å². The lowest BCUT2D eigenvalue weighted by Gasteiger charge is -2.00. The number of aryl methyl sites for hydroxylation is 1. The Balaban J connectivity index is 2.60. The van der Waals surface area contributed by atoms with Crippen LogP contribution < -0.4 is 4.74 Å². The molecule has 1 aromatic rings. The summed E-state index contributed by atoms with van der Waals surface area (Å²) in [5.41, 5.74) is 2.05. The van der Waals surface area contributed by atoms with Crippen molar-refractivity contribution in [3.63, 3.8) is 0 Å². The molecule has 0 aliphatic carbocycles. The summed E-state index contributed by atoms with van der Waals surface area (Å²) >= 11 is 0. The van der Waals surface area contributed by atoms with Crippen LogP contribution in [-0.4, -0.2) is 5.97 Å². The van der Waals surface area contributed by atoms with E-state index in [1.54, 1.807) is 0 Å². The lowest BCUT2D eigenvalue weighted by molar-refractivity contribution is -0.133. The van der Waals surface area contributed by atoms with Crippen molar-refractivity contribution in [2.24, 2.45) is 0 Å². The fourth-order valence-corrected chi connectivity index (χ4v) is 1.47. The molecule has 0 bridgehead atoms. The Hall–Kier alpha value is -1.31. The van der Waals surface area contributed by atoms with Crippen LogP contribution in [-0.2, 0) is 4.79 Å². The maximum atomic E-state index is 11.2. The van der Waals surface area contributed by atoms with E-state index in [0.29, 0.717) is 0 Å². The Labute approximate surface area is 71.2 Å². The topological polar surface area (TPSA) is 26.3 Å². The van der Waals surface area contributed by atoms with Gasteiger partial charge in [0.25, 0.3) is 0 Å². The van der Waals surface area contributed by atoms with Crippen LogP contribution in [0.1, 0.15) is 24.0 Å². The summed E-state index contributed by atoms with van der Waals surface area (Å²) in [6, 6.07) is 5.84. The zero-order valence-corrected chi connectivity index (χ0v) is 7.13. The Morgan fingerprint density at radius 1 is 1.42 bits per heavy atom. The van der Waals surface area contributed by atoms with Crippen LogP contribution in [0.5, 0.6) is 5.75 Å². The summed E-state index contributed by atoms with van der Waals surface area (Å²) in [6.07, 6.45) is 0. The average Bonchev–Trinajstić information content (AvgIpc) is 2.32. The van der Waals surface area contributed by atoms with Gasteiger partial charge in [0, 0.05) is 5.56 Å². The Morgan fingerprint density at radius 3 is 2.83 bits per heavy atom. The number of carbonyl (C=O) groups excluding carboxylic acids is 1. The molecule has 0 saturated carbocycles. The molecular weight excluding hydrogens is 152 g/mol. The minimum atomic E-state index is -0.140. The smallest absolute Gasteiger partial charge is 0.318 e. The van der Waals surface area contributed by atoms with E-state index < -0.39 is 0 Å². The van der Waals surface area contributed by atoms with Crippen LogP contribution in [0.2, 0.25) is 0 Å². The molecule has 0 aromatic heterocycles. The first-order valence-corrected chi connectivity index (χ1v) is 4.01. The Bertz CT molecular complexity index is 342. The van der Waals surface area contributed by atoms with E-state index in [1.165, 1.54) is 0 Å². The molecule has 0 saturated heterocycles. The predicted molar refractivity (Wildman–Crippen MR) is 45.2 cm³/mol. The van der Waals surface area contributed by atoms with Crippen molar-refractivity contribution >= 4 is 5.97 Å². The molecule has 1 atom stereocenters. The van der Waals surface area contributed by atoms with E-state index in [9.17, 15) is 4.79 Å². The van der Waals surface area contributed by atoms with Crippen LogP contribution in [0.15, 0.2) is 18.2 Å². The molecule has 62 valence electrons. The van der Waals surface area contributed by atoms with Crippen LogP contribution in [0.4, 0.5) is 0 Å². The number of para-hydroxylation sites is 1. The lowest BCUT2D eigenvalue weighted by atomic mass is 10.0. The van der Waals surface area contributed by atoms with E-state index in [0.717, 1.165) is 16.9 Å². The molecule has 0 amide bonds. The third-order valence-electron chi connectivity index (χ3n) is 2.27. The van der Waals surface area contributed by atoms with Crippen molar-refractivity contribution in [3.05, 3.63) is 29.3 Å². The second-order valence-corrected chi connectivity index (χ2v) is 3.14. The van der Waals surface area contributed by atoms with E-state index in [2.05, 4.69) is 0 Å². The van der Waals surface area contributed by atoms with Crippen LogP contribution >= 0.6 is 0 Å². The Morgan fingerprint density at radius 2 is 2.17 bits per heavy atom. The highest BCUT2D eigenvalue weighted by molar-refractivity contribution is 5.86. The first kappa shape index (κ1) is 7.35. The van der Waals surface area contributed by atoms with E-state index in [-0.39, 0.29) is 11.9 Å². The first-order chi connectivity index (χ1) is 5.70. The van der Waals surface area contributed by atoms with Crippen molar-refractivity contribution in [3.8, 4) is 5.75 Å². The fourth-order valence-electron chi connectivity index (χ4n) is 1.47. The Kier molecular flexibility index (Phi) is 1.43. The molecule has 2 rings (SSSR count). The number of fused-ring (bicyclic) bond motifs is 1. The highest BCUT2D eigenvalue weighted by Gasteiger charge is 2.29. The summed E-state index contributed by atoms with van der Waals surface area (Å²) in [6.45, 7) is 3.82. The molecule has 1 aliphatic rings. The monoisotopic (exact) mass is 162 g/mol. The zero-order chi connectivity index (χ0) is 8.72. The number of hydrogen-bond acceptors (Lipinski definition) is 2. The third-order valence-corrected chi connectivity index (χ3v) is 2.27. The summed E-state index contributed by atoms with van der Waals surface area (Å²) in [5.74, 6) is 0.522. The minimum absolute atomic E-state index is 0.0973. The number of rotatable bonds is 0. The van der Waals surface area contributed by atoms with Gasteiger partial charge in [-0.05, 0) is 19.4 Å². The lowest BCUT2D eigenvalue weighted by Crippen LogP contribution is -2.05. The average molecular weight is 162 g/mol. The van der Waals surface area contributed by atoms with Crippen molar-refractivity contribution in [2.45, 2.75) is 19.8 Å². The molecule has 2 heteroatoms. The van der Waals surface area contributed by atoms with E-state index >= 15 is 0 Å². The van der Waals surface area contributed by atoms with Gasteiger partial charge in [0.1, 0.15) is 5.75 Å². The molecule has 0 fully saturated rings. The quantitative estimate of drug-likeness (QED) is 0.431. The third kappa shape index (κ3) is 0.843. The van der Waals surface area contributed by atoms with E-state index in [1.807, 2.05) is 32.0 Å². The number of ether oxygens (including phenoxy) is 1. The maximum absolute atomic E-state index is 11.2. The normalized spacial score (nSPS) is 20.5. The zero-order valence-electron chi connectivity index (χ0n) is 7.13. The highest BCUT2D eigenvalue weighted by Crippen LogP contribution is 2.36. The molecule has 0 unspecified atom stereocenters. The standard InChI is InChI=1S/C10H10O2/c1-6-4-3-5-8-7(2)10(11)12-9(6)8/h3-5,7H,1-2H3/t7-/m0/s1. The first-order valence-electron chi connectivity index (χ1n) is 4.01. The van der Waals surface area contributed by atoms with Crippen molar-refractivity contribution in [1.82, 2.24) is 0 Å². The van der Waals surface area contributed by atoms with Gasteiger partial charge in [0.15, 0.2) is 0 Å². The second kappa shape index (κ2) is 2.34. The summed E-state index contributed by atoms with van der Waals surface area (Å²) < 4.78 is 5.11. The van der Waals surface area contributed by atoms with Crippen LogP contribution in [0.25, 0.3) is 0 Å². The summed E-state index contributed by atoms with van der Waals surface area (Å²) in [7, 11) is 0. The minimum Gasteiger partial charge on any atom is -0.425 e. The molecule has 0 N–H and O–H groups in total. The molecule has 1 aliphatic heterocycles. The summed E-state index contributed by atoms with van der Waals surface area (Å²) in [5, 5.41) is 0. The molecule has 0 spiro atoms. The predicted octanol–water partition coefficient (Wildman–Crippen LogP) is 2.02. The van der Waals surface area contributed by atoms with Crippen LogP contribution in [0.3, 0.4) is 0 Å². The SMILES string of the molecule is Cc1cccc2c1OC(=O)[C@H]2C. The van der Waals surface area contributed by atoms with Crippen molar-refractivity contribution in [1.29, 1.82) is 0 Å². The maximum Gasteiger partial charge on any atom is 0.318 e. The van der Waals surface area contributed by atoms with Crippen molar-refractivity contribution < 1.29 is 9.53 Å². The number of carbonyl (C=O) groups is 1. The number of benzene rings is 1. The molecule has 0 radical (unpaired) electrons. The van der Waals surface area contributed by atoms with E-state index in [4.69, 9.17) is 4.74 Å². The largest absolute Gasteiger partial charge is 0.425 e. The molecule has 1 aromatic carbocycles. The fraction of sp³-hybridized carbons (Fsp3) is 0.300. The van der Waals surface area contributed by atoms with Gasteiger partial charge >= 0.3 is 5.97 Å². The van der Waals surface area contributed by atoms with Gasteiger partial charge in [-0.3, -0.25) is 4.79 Å². The van der Waals surface area contributed by atoms with Gasteiger partial charge in [-0.25, -0.2) is 0 Å². The highest BCUT2D eigenvalue weighted by atomic mass is 16.5. The second-order valence-electron chi connectivity index (χ2n) is 3.14. The number of esters is 1. The summed E-state index contributed by atoms with van der Waals surface area (Å²) in [4.78, 5) is 11.2. The molecule has 2 nitrogen and oxygen atoms in total. The number of hydrogen-bond donors (Lipinski definition) is 0. The van der Waals surface area contributed by atoms with Gasteiger partial charge in [-0.1, -0.05) is 18.2 Å². The van der Waals surface area contributed by atoms with Gasteiger partial charge in [-0.15, -0.1) is 0 Å². The van der Waals surface area contributed by atoms with Gasteiger partial charge in [0.05, 0.1) is 5.92 Å². The van der Waals surface area contributed by atoms with Crippen LogP contribution in [0, 0.1) is 6.92 Å². The van der Waals surface area contributed by atoms with Gasteiger partial charge in [0.2, 0.25) is 0 Å². The van der Waals surface area contributed by atoms with Crippen molar-refractivity contribution in [2.75, 3.05) is 0 Å². The molecular formula is C10H10O2. The molecule has 1 heterocycles. The molecule has 12 heavy (non-hydrogen) atoms.